The van der Waals surface area contributed by atoms with Gasteiger partial charge in [-0.25, -0.2) is 10.5 Å². The van der Waals surface area contributed by atoms with Crippen LogP contribution in [0.2, 0.25) is 0 Å². The highest BCUT2D eigenvalue weighted by Gasteiger charge is 2.16. The van der Waals surface area contributed by atoms with Crippen molar-refractivity contribution in [2.75, 3.05) is 0 Å². The number of hydroxylamine groups is 1. The van der Waals surface area contributed by atoms with E-state index in [4.69, 9.17) is 10.9 Å². The van der Waals surface area contributed by atoms with Gasteiger partial charge in [-0.2, -0.15) is 0 Å². The second-order valence-corrected chi connectivity index (χ2v) is 5.87. The van der Waals surface area contributed by atoms with Crippen LogP contribution < -0.4 is 11.2 Å². The Morgan fingerprint density at radius 2 is 1.81 bits per heavy atom. The van der Waals surface area contributed by atoms with Gasteiger partial charge in [0, 0.05) is 18.1 Å². The number of nitrogens with one attached hydrogen (secondary N) is 2. The average Bonchev–Trinajstić information content (AvgIpc) is 3.12. The lowest BCUT2D eigenvalue weighted by Crippen LogP contribution is -2.14. The largest absolute Gasteiger partial charge is 0.364 e. The number of carbonyl (C=O) groups is 2. The van der Waals surface area contributed by atoms with Crippen molar-refractivity contribution in [1.29, 1.82) is 0 Å². The Labute approximate surface area is 155 Å². The molecule has 0 spiro atoms. The molecule has 0 aliphatic rings. The summed E-state index contributed by atoms with van der Waals surface area (Å²) in [5.74, 6) is -0.525. The van der Waals surface area contributed by atoms with Crippen LogP contribution in [-0.2, 0) is 11.2 Å². The molecule has 0 aliphatic carbocycles. The minimum Gasteiger partial charge on any atom is -0.364 e. The zero-order chi connectivity index (χ0) is 19.2. The lowest BCUT2D eigenvalue weighted by atomic mass is 10.1. The van der Waals surface area contributed by atoms with Crippen molar-refractivity contribution in [1.82, 2.24) is 15.4 Å². The number of aromatic amines is 1. The van der Waals surface area contributed by atoms with E-state index in [0.29, 0.717) is 17.9 Å². The number of hydrogen-bond donors (Lipinski definition) is 4. The van der Waals surface area contributed by atoms with Gasteiger partial charge in [0.15, 0.2) is 0 Å². The summed E-state index contributed by atoms with van der Waals surface area (Å²) in [6.45, 7) is 0. The van der Waals surface area contributed by atoms with E-state index in [-0.39, 0.29) is 5.69 Å². The highest BCUT2D eigenvalue weighted by molar-refractivity contribution is 5.97. The van der Waals surface area contributed by atoms with Crippen molar-refractivity contribution in [3.63, 3.8) is 0 Å². The first-order chi connectivity index (χ1) is 13.1. The Bertz CT molecular complexity index is 976. The molecule has 3 aromatic rings. The maximum atomic E-state index is 11.8. The van der Waals surface area contributed by atoms with Crippen LogP contribution in [0.4, 0.5) is 0 Å². The highest BCUT2D eigenvalue weighted by atomic mass is 16.5. The number of carbonyl (C=O) groups excluding carboxylic acids is 2. The number of aromatic nitrogens is 2. The molecule has 0 aliphatic heterocycles. The molecule has 0 fully saturated rings. The lowest BCUT2D eigenvalue weighted by molar-refractivity contribution is -0.124. The minimum atomic E-state index is -0.595. The van der Waals surface area contributed by atoms with Crippen LogP contribution in [0.1, 0.15) is 27.4 Å². The molecule has 0 atom stereocenters. The molecule has 7 heteroatoms. The minimum absolute atomic E-state index is 0.283. The number of hydrogen-bond acceptors (Lipinski definition) is 4. The van der Waals surface area contributed by atoms with Crippen molar-refractivity contribution in [3.8, 4) is 11.3 Å². The summed E-state index contributed by atoms with van der Waals surface area (Å²) in [6, 6.07) is 16.8. The molecule has 27 heavy (non-hydrogen) atoms. The molecule has 7 nitrogen and oxygen atoms in total. The maximum absolute atomic E-state index is 11.8. The molecule has 136 valence electrons. The van der Waals surface area contributed by atoms with E-state index in [1.807, 2.05) is 54.6 Å². The second kappa shape index (κ2) is 8.11. The SMILES string of the molecule is NC(=O)c1[nH]c(Cc2ccc(C=CC(=O)NO)cc2)nc1-c1ccccc1. The summed E-state index contributed by atoms with van der Waals surface area (Å²) < 4.78 is 0. The molecule has 5 N–H and O–H groups in total. The van der Waals surface area contributed by atoms with Gasteiger partial charge in [0.2, 0.25) is 0 Å². The van der Waals surface area contributed by atoms with Crippen LogP contribution >= 0.6 is 0 Å². The Kier molecular flexibility index (Phi) is 5.44. The monoisotopic (exact) mass is 362 g/mol. The van der Waals surface area contributed by atoms with E-state index in [9.17, 15) is 9.59 Å². The molecular weight excluding hydrogens is 344 g/mol. The molecule has 2 amide bonds. The number of benzene rings is 2. The topological polar surface area (TPSA) is 121 Å². The van der Waals surface area contributed by atoms with Gasteiger partial charge in [0.1, 0.15) is 17.2 Å². The number of rotatable bonds is 6. The van der Waals surface area contributed by atoms with Gasteiger partial charge in [-0.05, 0) is 17.2 Å². The van der Waals surface area contributed by atoms with E-state index in [1.165, 1.54) is 11.6 Å². The summed E-state index contributed by atoms with van der Waals surface area (Å²) in [4.78, 5) is 30.3. The van der Waals surface area contributed by atoms with Crippen molar-refractivity contribution in [2.45, 2.75) is 6.42 Å². The van der Waals surface area contributed by atoms with Crippen LogP contribution in [0.3, 0.4) is 0 Å². The number of H-pyrrole nitrogens is 1. The molecule has 0 radical (unpaired) electrons. The van der Waals surface area contributed by atoms with Crippen LogP contribution in [0.15, 0.2) is 60.7 Å². The Hall–Kier alpha value is -3.71. The third-order valence-corrected chi connectivity index (χ3v) is 3.94. The number of nitrogens with zero attached hydrogens (tertiary/aromatic N) is 1. The maximum Gasteiger partial charge on any atom is 0.267 e. The van der Waals surface area contributed by atoms with E-state index in [0.717, 1.165) is 16.7 Å². The second-order valence-electron chi connectivity index (χ2n) is 5.87. The quantitative estimate of drug-likeness (QED) is 0.305. The summed E-state index contributed by atoms with van der Waals surface area (Å²) in [7, 11) is 0. The number of primary amides is 1. The molecule has 2 aromatic carbocycles. The molecular formula is C20H18N4O3. The normalized spacial score (nSPS) is 10.9. The first-order valence-corrected chi connectivity index (χ1v) is 8.22. The van der Waals surface area contributed by atoms with E-state index in [2.05, 4.69) is 9.97 Å². The number of imidazole rings is 1. The summed E-state index contributed by atoms with van der Waals surface area (Å²) in [5.41, 5.74) is 10.4. The number of amides is 2. The summed E-state index contributed by atoms with van der Waals surface area (Å²) in [5, 5.41) is 8.47. The van der Waals surface area contributed by atoms with Gasteiger partial charge in [0.05, 0.1) is 0 Å². The molecule has 0 bridgehead atoms. The van der Waals surface area contributed by atoms with Gasteiger partial charge < -0.3 is 10.7 Å². The van der Waals surface area contributed by atoms with Crippen molar-refractivity contribution < 1.29 is 14.8 Å². The predicted octanol–water partition coefficient (Wildman–Crippen LogP) is 2.29. The van der Waals surface area contributed by atoms with Gasteiger partial charge in [-0.15, -0.1) is 0 Å². The first kappa shape index (κ1) is 18.1. The Morgan fingerprint density at radius 1 is 1.11 bits per heavy atom. The van der Waals surface area contributed by atoms with E-state index < -0.39 is 11.8 Å². The van der Waals surface area contributed by atoms with Gasteiger partial charge >= 0.3 is 0 Å². The molecule has 1 heterocycles. The van der Waals surface area contributed by atoms with E-state index >= 15 is 0 Å². The smallest absolute Gasteiger partial charge is 0.267 e. The fraction of sp³-hybridized carbons (Fsp3) is 0.0500. The number of nitrogens with two attached hydrogens (primary N) is 1. The summed E-state index contributed by atoms with van der Waals surface area (Å²) in [6.07, 6.45) is 3.31. The van der Waals surface area contributed by atoms with Gasteiger partial charge in [0.25, 0.3) is 11.8 Å². The van der Waals surface area contributed by atoms with Crippen LogP contribution in [-0.4, -0.2) is 27.0 Å². The van der Waals surface area contributed by atoms with Crippen LogP contribution in [0.5, 0.6) is 0 Å². The standard InChI is InChI=1S/C20H18N4O3/c21-20(26)19-18(15-4-2-1-3-5-15)22-16(23-19)12-14-8-6-13(7-9-14)10-11-17(25)24-27/h1-11,27H,12H2,(H2,21,26)(H,22,23)(H,24,25). The third kappa shape index (κ3) is 4.47. The Morgan fingerprint density at radius 3 is 2.44 bits per heavy atom. The van der Waals surface area contributed by atoms with E-state index in [1.54, 1.807) is 6.08 Å². The Balaban J connectivity index is 1.81. The van der Waals surface area contributed by atoms with Gasteiger partial charge in [-0.1, -0.05) is 54.6 Å². The fourth-order valence-corrected chi connectivity index (χ4v) is 2.64. The van der Waals surface area contributed by atoms with Crippen LogP contribution in [0, 0.1) is 0 Å². The summed E-state index contributed by atoms with van der Waals surface area (Å²) >= 11 is 0. The average molecular weight is 362 g/mol. The lowest BCUT2D eigenvalue weighted by Gasteiger charge is -2.00. The van der Waals surface area contributed by atoms with Crippen molar-refractivity contribution in [3.05, 3.63) is 83.3 Å². The van der Waals surface area contributed by atoms with Crippen molar-refractivity contribution in [2.24, 2.45) is 5.73 Å². The first-order valence-electron chi connectivity index (χ1n) is 8.22. The molecule has 0 saturated heterocycles. The zero-order valence-electron chi connectivity index (χ0n) is 14.3. The fourth-order valence-electron chi connectivity index (χ4n) is 2.64. The molecule has 0 saturated carbocycles. The predicted molar refractivity (Wildman–Crippen MR) is 101 cm³/mol. The highest BCUT2D eigenvalue weighted by Crippen LogP contribution is 2.22. The third-order valence-electron chi connectivity index (χ3n) is 3.94. The van der Waals surface area contributed by atoms with Gasteiger partial charge in [-0.3, -0.25) is 14.8 Å². The zero-order valence-corrected chi connectivity index (χ0v) is 14.3. The molecule has 3 rings (SSSR count). The van der Waals surface area contributed by atoms with Crippen LogP contribution in [0.25, 0.3) is 17.3 Å². The van der Waals surface area contributed by atoms with Crippen molar-refractivity contribution >= 4 is 17.9 Å². The molecule has 1 aromatic heterocycles. The molecule has 0 unspecified atom stereocenters.